The Bertz CT molecular complexity index is 852. The molecule has 29 heavy (non-hydrogen) atoms. The van der Waals surface area contributed by atoms with Crippen LogP contribution in [0.4, 0.5) is 10.1 Å². The van der Waals surface area contributed by atoms with Crippen LogP contribution < -0.4 is 10.6 Å². The molecule has 2 amide bonds. The van der Waals surface area contributed by atoms with Crippen molar-refractivity contribution in [2.24, 2.45) is 0 Å². The summed E-state index contributed by atoms with van der Waals surface area (Å²) in [6.45, 7) is 2.01. The topological polar surface area (TPSA) is 108 Å². The van der Waals surface area contributed by atoms with Crippen LogP contribution in [-0.4, -0.2) is 81.9 Å². The minimum Gasteiger partial charge on any atom is -0.379 e. The molecule has 2 fully saturated rings. The number of amides is 2. The van der Waals surface area contributed by atoms with Gasteiger partial charge in [0.15, 0.2) is 0 Å². The van der Waals surface area contributed by atoms with E-state index in [1.165, 1.54) is 16.4 Å². The molecule has 2 saturated heterocycles. The molecule has 0 unspecified atom stereocenters. The Kier molecular flexibility index (Phi) is 7.04. The number of benzene rings is 1. The fraction of sp³-hybridized carbons (Fsp3) is 0.556. The highest BCUT2D eigenvalue weighted by Crippen LogP contribution is 2.23. The number of carbonyl (C=O) groups is 2. The van der Waals surface area contributed by atoms with Gasteiger partial charge in [0.25, 0.3) is 0 Å². The van der Waals surface area contributed by atoms with E-state index >= 15 is 0 Å². The van der Waals surface area contributed by atoms with Gasteiger partial charge in [-0.15, -0.1) is 0 Å². The highest BCUT2D eigenvalue weighted by molar-refractivity contribution is 7.89. The van der Waals surface area contributed by atoms with Crippen molar-refractivity contribution in [3.8, 4) is 0 Å². The van der Waals surface area contributed by atoms with Gasteiger partial charge in [0, 0.05) is 31.9 Å². The van der Waals surface area contributed by atoms with Crippen molar-refractivity contribution < 1.29 is 27.1 Å². The van der Waals surface area contributed by atoms with Gasteiger partial charge < -0.3 is 20.3 Å². The predicted molar refractivity (Wildman–Crippen MR) is 103 cm³/mol. The lowest BCUT2D eigenvalue weighted by Gasteiger charge is -2.26. The fourth-order valence-electron chi connectivity index (χ4n) is 3.23. The van der Waals surface area contributed by atoms with Gasteiger partial charge in [-0.2, -0.15) is 4.31 Å². The maximum Gasteiger partial charge on any atom is 0.246 e. The molecule has 11 heteroatoms. The van der Waals surface area contributed by atoms with Crippen LogP contribution in [0.5, 0.6) is 0 Å². The number of nitrogens with zero attached hydrogens (tertiary/aromatic N) is 2. The number of hydrogen-bond donors (Lipinski definition) is 2. The van der Waals surface area contributed by atoms with Gasteiger partial charge in [0.05, 0.1) is 26.3 Å². The van der Waals surface area contributed by atoms with Gasteiger partial charge >= 0.3 is 0 Å². The summed E-state index contributed by atoms with van der Waals surface area (Å²) in [5.41, 5.74) is 0.291. The van der Waals surface area contributed by atoms with Crippen LogP contribution in [-0.2, 0) is 24.3 Å². The Morgan fingerprint density at radius 2 is 1.76 bits per heavy atom. The SMILES string of the molecule is O=C(CNc1ccc(F)c(S(=O)(=O)N2CCOCC2)c1)NCC(=O)N1CCCC1. The molecule has 0 bridgehead atoms. The summed E-state index contributed by atoms with van der Waals surface area (Å²) >= 11 is 0. The lowest BCUT2D eigenvalue weighted by Crippen LogP contribution is -2.41. The summed E-state index contributed by atoms with van der Waals surface area (Å²) in [7, 11) is -4.00. The maximum atomic E-state index is 14.2. The van der Waals surface area contributed by atoms with E-state index in [4.69, 9.17) is 4.74 Å². The molecular formula is C18H25FN4O5S. The molecular weight excluding hydrogens is 403 g/mol. The van der Waals surface area contributed by atoms with Gasteiger partial charge in [-0.25, -0.2) is 12.8 Å². The summed E-state index contributed by atoms with van der Waals surface area (Å²) in [5, 5.41) is 5.30. The zero-order valence-corrected chi connectivity index (χ0v) is 16.8. The summed E-state index contributed by atoms with van der Waals surface area (Å²) in [6.07, 6.45) is 1.95. The van der Waals surface area contributed by atoms with Crippen LogP contribution in [0.3, 0.4) is 0 Å². The number of sulfonamides is 1. The molecule has 9 nitrogen and oxygen atoms in total. The first-order chi connectivity index (χ1) is 13.9. The Labute approximate surface area is 169 Å². The largest absolute Gasteiger partial charge is 0.379 e. The zero-order valence-electron chi connectivity index (χ0n) is 16.0. The first-order valence-corrected chi connectivity index (χ1v) is 11.0. The van der Waals surface area contributed by atoms with Crippen LogP contribution in [0.2, 0.25) is 0 Å². The monoisotopic (exact) mass is 428 g/mol. The molecule has 2 N–H and O–H groups in total. The third kappa shape index (κ3) is 5.43. The van der Waals surface area contributed by atoms with Crippen molar-refractivity contribution >= 4 is 27.5 Å². The molecule has 160 valence electrons. The van der Waals surface area contributed by atoms with Gasteiger partial charge in [-0.1, -0.05) is 0 Å². The lowest BCUT2D eigenvalue weighted by atomic mass is 10.3. The number of rotatable bonds is 7. The van der Waals surface area contributed by atoms with Crippen molar-refractivity contribution in [1.82, 2.24) is 14.5 Å². The summed E-state index contributed by atoms with van der Waals surface area (Å²) in [5.74, 6) is -1.40. The highest BCUT2D eigenvalue weighted by Gasteiger charge is 2.29. The second-order valence-electron chi connectivity index (χ2n) is 6.88. The minimum atomic E-state index is -4.00. The number of anilines is 1. The van der Waals surface area contributed by atoms with Crippen molar-refractivity contribution in [2.45, 2.75) is 17.7 Å². The Balaban J connectivity index is 1.56. The molecule has 0 saturated carbocycles. The van der Waals surface area contributed by atoms with Crippen LogP contribution in [0, 0.1) is 5.82 Å². The van der Waals surface area contributed by atoms with E-state index in [1.54, 1.807) is 4.90 Å². The lowest BCUT2D eigenvalue weighted by molar-refractivity contribution is -0.131. The second kappa shape index (κ2) is 9.51. The third-order valence-electron chi connectivity index (χ3n) is 4.87. The number of morpholine rings is 1. The molecule has 0 spiro atoms. The van der Waals surface area contributed by atoms with Gasteiger partial charge in [-0.05, 0) is 31.0 Å². The normalized spacial score (nSPS) is 17.9. The standard InChI is InChI=1S/C18H25FN4O5S/c19-15-4-3-14(11-16(15)29(26,27)23-7-9-28-10-8-23)20-12-17(24)21-13-18(25)22-5-1-2-6-22/h3-4,11,20H,1-2,5-10,12-13H2,(H,21,24). The van der Waals surface area contributed by atoms with E-state index in [0.29, 0.717) is 18.8 Å². The molecule has 0 atom stereocenters. The quantitative estimate of drug-likeness (QED) is 0.633. The van der Waals surface area contributed by atoms with E-state index < -0.39 is 26.6 Å². The van der Waals surface area contributed by atoms with E-state index in [-0.39, 0.29) is 45.3 Å². The molecule has 2 aliphatic rings. The number of carbonyl (C=O) groups excluding carboxylic acids is 2. The fourth-order valence-corrected chi connectivity index (χ4v) is 4.73. The Hall–Kier alpha value is -2.24. The van der Waals surface area contributed by atoms with Gasteiger partial charge in [0.1, 0.15) is 10.7 Å². The second-order valence-corrected chi connectivity index (χ2v) is 8.79. The average Bonchev–Trinajstić information content (AvgIpc) is 3.27. The molecule has 2 aliphatic heterocycles. The van der Waals surface area contributed by atoms with Crippen LogP contribution >= 0.6 is 0 Å². The summed E-state index contributed by atoms with van der Waals surface area (Å²) < 4.78 is 45.9. The van der Waals surface area contributed by atoms with Crippen molar-refractivity contribution in [3.63, 3.8) is 0 Å². The summed E-state index contributed by atoms with van der Waals surface area (Å²) in [4.78, 5) is 25.2. The number of hydrogen-bond acceptors (Lipinski definition) is 6. The number of ether oxygens (including phenoxy) is 1. The van der Waals surface area contributed by atoms with Crippen molar-refractivity contribution in [2.75, 3.05) is 57.8 Å². The third-order valence-corrected chi connectivity index (χ3v) is 6.78. The first kappa shape index (κ1) is 21.5. The average molecular weight is 428 g/mol. The molecule has 1 aromatic carbocycles. The Morgan fingerprint density at radius 3 is 2.45 bits per heavy atom. The van der Waals surface area contributed by atoms with Crippen LogP contribution in [0.15, 0.2) is 23.1 Å². The highest BCUT2D eigenvalue weighted by atomic mass is 32.2. The first-order valence-electron chi connectivity index (χ1n) is 9.54. The van der Waals surface area contributed by atoms with E-state index in [0.717, 1.165) is 18.9 Å². The van der Waals surface area contributed by atoms with Crippen LogP contribution in [0.1, 0.15) is 12.8 Å². The maximum absolute atomic E-state index is 14.2. The molecule has 0 aliphatic carbocycles. The molecule has 1 aromatic rings. The van der Waals surface area contributed by atoms with E-state index in [1.807, 2.05) is 0 Å². The minimum absolute atomic E-state index is 0.0827. The number of likely N-dealkylation sites (tertiary alicyclic amines) is 1. The van der Waals surface area contributed by atoms with E-state index in [2.05, 4.69) is 10.6 Å². The van der Waals surface area contributed by atoms with Gasteiger partial charge in [0.2, 0.25) is 21.8 Å². The summed E-state index contributed by atoms with van der Waals surface area (Å²) in [6, 6.07) is 3.57. The molecule has 0 aromatic heterocycles. The molecule has 0 radical (unpaired) electrons. The van der Waals surface area contributed by atoms with Gasteiger partial charge in [-0.3, -0.25) is 9.59 Å². The van der Waals surface area contributed by atoms with Crippen molar-refractivity contribution in [3.05, 3.63) is 24.0 Å². The predicted octanol–water partition coefficient (Wildman–Crippen LogP) is -0.00290. The number of halogens is 1. The molecule has 2 heterocycles. The van der Waals surface area contributed by atoms with Crippen molar-refractivity contribution in [1.29, 1.82) is 0 Å². The number of nitrogens with one attached hydrogen (secondary N) is 2. The molecule has 3 rings (SSSR count). The smallest absolute Gasteiger partial charge is 0.246 e. The van der Waals surface area contributed by atoms with E-state index in [9.17, 15) is 22.4 Å². The van der Waals surface area contributed by atoms with Crippen LogP contribution in [0.25, 0.3) is 0 Å². The zero-order chi connectivity index (χ0) is 20.9. The Morgan fingerprint density at radius 1 is 1.07 bits per heavy atom.